The Morgan fingerprint density at radius 2 is 1.64 bits per heavy atom. The first-order valence-electron chi connectivity index (χ1n) is 9.74. The summed E-state index contributed by atoms with van der Waals surface area (Å²) in [5.74, 6) is 0.902. The van der Waals surface area contributed by atoms with E-state index in [2.05, 4.69) is 18.2 Å². The third-order valence-electron chi connectivity index (χ3n) is 5.03. The van der Waals surface area contributed by atoms with Crippen LogP contribution < -0.4 is 4.74 Å². The van der Waals surface area contributed by atoms with Crippen molar-refractivity contribution in [2.45, 2.75) is 32.7 Å². The van der Waals surface area contributed by atoms with Crippen molar-refractivity contribution in [2.75, 3.05) is 13.1 Å². The molecule has 0 aliphatic carbocycles. The van der Waals surface area contributed by atoms with E-state index in [-0.39, 0.29) is 18.1 Å². The summed E-state index contributed by atoms with van der Waals surface area (Å²) in [4.78, 5) is 14.6. The van der Waals surface area contributed by atoms with Gasteiger partial charge >= 0.3 is 0 Å². The van der Waals surface area contributed by atoms with E-state index in [1.165, 1.54) is 5.39 Å². The largest absolute Gasteiger partial charge is 0.489 e. The Kier molecular flexibility index (Phi) is 5.31. The van der Waals surface area contributed by atoms with E-state index in [1.807, 2.05) is 67.3 Å². The van der Waals surface area contributed by atoms with E-state index >= 15 is 0 Å². The molecule has 4 heteroatoms. The van der Waals surface area contributed by atoms with Crippen LogP contribution >= 0.6 is 0 Å². The molecular weight excluding hydrogens is 350 g/mol. The fourth-order valence-electron chi connectivity index (χ4n) is 3.69. The summed E-state index contributed by atoms with van der Waals surface area (Å²) in [6.07, 6.45) is 0.143. The van der Waals surface area contributed by atoms with Gasteiger partial charge in [0, 0.05) is 18.7 Å². The summed E-state index contributed by atoms with van der Waals surface area (Å²) < 4.78 is 11.6. The molecule has 0 bridgehead atoms. The number of amides is 1. The van der Waals surface area contributed by atoms with Gasteiger partial charge in [0.25, 0.3) is 5.91 Å². The molecule has 2 atom stereocenters. The monoisotopic (exact) mass is 375 g/mol. The summed E-state index contributed by atoms with van der Waals surface area (Å²) in [5, 5.41) is 2.36. The Morgan fingerprint density at radius 3 is 2.36 bits per heavy atom. The van der Waals surface area contributed by atoms with Gasteiger partial charge in [-0.1, -0.05) is 42.5 Å². The molecular formula is C24H25NO3. The van der Waals surface area contributed by atoms with Crippen LogP contribution in [0.15, 0.2) is 66.7 Å². The molecule has 0 unspecified atom stereocenters. The van der Waals surface area contributed by atoms with Crippen molar-refractivity contribution >= 4 is 16.7 Å². The van der Waals surface area contributed by atoms with Crippen LogP contribution in [0.3, 0.4) is 0 Å². The maximum absolute atomic E-state index is 12.7. The Balaban J connectivity index is 1.39. The summed E-state index contributed by atoms with van der Waals surface area (Å²) in [7, 11) is 0. The van der Waals surface area contributed by atoms with Crippen LogP contribution in [0.1, 0.15) is 29.8 Å². The van der Waals surface area contributed by atoms with Gasteiger partial charge in [-0.25, -0.2) is 0 Å². The average molecular weight is 375 g/mol. The van der Waals surface area contributed by atoms with Crippen LogP contribution in [-0.4, -0.2) is 36.1 Å². The number of morpholine rings is 1. The van der Waals surface area contributed by atoms with Crippen LogP contribution in [0.2, 0.25) is 0 Å². The van der Waals surface area contributed by atoms with Crippen molar-refractivity contribution < 1.29 is 14.3 Å². The number of hydrogen-bond donors (Lipinski definition) is 0. The fraction of sp³-hybridized carbons (Fsp3) is 0.292. The normalized spacial score (nSPS) is 19.6. The lowest BCUT2D eigenvalue weighted by Gasteiger charge is -2.35. The summed E-state index contributed by atoms with van der Waals surface area (Å²) >= 11 is 0. The van der Waals surface area contributed by atoms with Gasteiger partial charge in [0.15, 0.2) is 0 Å². The molecule has 4 nitrogen and oxygen atoms in total. The molecule has 0 spiro atoms. The topological polar surface area (TPSA) is 38.8 Å². The van der Waals surface area contributed by atoms with Crippen LogP contribution in [0.5, 0.6) is 5.75 Å². The first-order chi connectivity index (χ1) is 13.6. The Hall–Kier alpha value is -2.85. The highest BCUT2D eigenvalue weighted by Gasteiger charge is 2.26. The Bertz CT molecular complexity index is 957. The summed E-state index contributed by atoms with van der Waals surface area (Å²) in [6, 6.07) is 22.0. The van der Waals surface area contributed by atoms with Crippen LogP contribution in [0.25, 0.3) is 10.8 Å². The van der Waals surface area contributed by atoms with Gasteiger partial charge in [0.1, 0.15) is 12.4 Å². The number of carbonyl (C=O) groups excluding carboxylic acids is 1. The molecule has 0 N–H and O–H groups in total. The van der Waals surface area contributed by atoms with Crippen LogP contribution in [0.4, 0.5) is 0 Å². The quantitative estimate of drug-likeness (QED) is 0.665. The fourth-order valence-corrected chi connectivity index (χ4v) is 3.69. The molecule has 0 saturated carbocycles. The van der Waals surface area contributed by atoms with Crippen LogP contribution in [-0.2, 0) is 11.3 Å². The molecule has 1 aliphatic heterocycles. The molecule has 1 heterocycles. The highest BCUT2D eigenvalue weighted by atomic mass is 16.5. The molecule has 0 radical (unpaired) electrons. The highest BCUT2D eigenvalue weighted by molar-refractivity contribution is 5.94. The van der Waals surface area contributed by atoms with Crippen LogP contribution in [0, 0.1) is 0 Å². The van der Waals surface area contributed by atoms with Crippen molar-refractivity contribution in [3.8, 4) is 5.75 Å². The average Bonchev–Trinajstić information content (AvgIpc) is 2.71. The van der Waals surface area contributed by atoms with E-state index < -0.39 is 0 Å². The summed E-state index contributed by atoms with van der Waals surface area (Å²) in [6.45, 7) is 5.75. The first kappa shape index (κ1) is 18.5. The second-order valence-corrected chi connectivity index (χ2v) is 7.46. The lowest BCUT2D eigenvalue weighted by molar-refractivity contribution is -0.0586. The van der Waals surface area contributed by atoms with Crippen molar-refractivity contribution in [3.63, 3.8) is 0 Å². The van der Waals surface area contributed by atoms with Gasteiger partial charge in [-0.2, -0.15) is 0 Å². The second-order valence-electron chi connectivity index (χ2n) is 7.46. The molecule has 0 aromatic heterocycles. The first-order valence-corrected chi connectivity index (χ1v) is 9.74. The zero-order valence-electron chi connectivity index (χ0n) is 16.3. The maximum Gasteiger partial charge on any atom is 0.254 e. The molecule has 3 aromatic carbocycles. The molecule has 1 aliphatic rings. The zero-order chi connectivity index (χ0) is 19.5. The number of hydrogen-bond acceptors (Lipinski definition) is 3. The van der Waals surface area contributed by atoms with E-state index in [0.717, 1.165) is 16.7 Å². The predicted molar refractivity (Wildman–Crippen MR) is 111 cm³/mol. The summed E-state index contributed by atoms with van der Waals surface area (Å²) in [5.41, 5.74) is 1.74. The second kappa shape index (κ2) is 8.03. The minimum Gasteiger partial charge on any atom is -0.489 e. The van der Waals surface area contributed by atoms with E-state index in [9.17, 15) is 4.79 Å². The van der Waals surface area contributed by atoms with Gasteiger partial charge in [-0.3, -0.25) is 4.79 Å². The van der Waals surface area contributed by atoms with Gasteiger partial charge < -0.3 is 14.4 Å². The van der Waals surface area contributed by atoms with E-state index in [1.54, 1.807) is 0 Å². The number of fused-ring (bicyclic) bond motifs is 1. The highest BCUT2D eigenvalue weighted by Crippen LogP contribution is 2.22. The van der Waals surface area contributed by atoms with E-state index in [0.29, 0.717) is 25.3 Å². The molecule has 144 valence electrons. The third-order valence-corrected chi connectivity index (χ3v) is 5.03. The van der Waals surface area contributed by atoms with Gasteiger partial charge in [0.05, 0.1) is 12.2 Å². The molecule has 1 amide bonds. The van der Waals surface area contributed by atoms with Crippen molar-refractivity contribution in [3.05, 3.63) is 77.9 Å². The van der Waals surface area contributed by atoms with Gasteiger partial charge in [0.2, 0.25) is 0 Å². The molecule has 28 heavy (non-hydrogen) atoms. The molecule has 1 saturated heterocycles. The molecule has 4 rings (SSSR count). The van der Waals surface area contributed by atoms with Crippen molar-refractivity contribution in [2.24, 2.45) is 0 Å². The number of nitrogens with zero attached hydrogens (tertiary/aromatic N) is 1. The standard InChI is InChI=1S/C24H25NO3/c1-17-14-25(15-18(2)28-17)24(26)21-9-7-19(8-10-21)16-27-23-12-11-20-5-3-4-6-22(20)13-23/h3-13,17-18H,14-16H2,1-2H3/t17-,18-/m1/s1. The minimum atomic E-state index is 0.0593. The number of rotatable bonds is 4. The van der Waals surface area contributed by atoms with Crippen molar-refractivity contribution in [1.29, 1.82) is 0 Å². The maximum atomic E-state index is 12.7. The number of carbonyl (C=O) groups is 1. The zero-order valence-corrected chi connectivity index (χ0v) is 16.3. The lowest BCUT2D eigenvalue weighted by atomic mass is 10.1. The third kappa shape index (κ3) is 4.18. The number of ether oxygens (including phenoxy) is 2. The van der Waals surface area contributed by atoms with Crippen molar-refractivity contribution in [1.82, 2.24) is 4.90 Å². The Labute approximate surface area is 165 Å². The van der Waals surface area contributed by atoms with E-state index in [4.69, 9.17) is 9.47 Å². The minimum absolute atomic E-state index is 0.0593. The molecule has 3 aromatic rings. The SMILES string of the molecule is C[C@@H]1CN(C(=O)c2ccc(COc3ccc4ccccc4c3)cc2)C[C@@H](C)O1. The predicted octanol–water partition coefficient (Wildman–Crippen LogP) is 4.67. The lowest BCUT2D eigenvalue weighted by Crippen LogP contribution is -2.48. The van der Waals surface area contributed by atoms with Gasteiger partial charge in [-0.05, 0) is 54.4 Å². The Morgan fingerprint density at radius 1 is 0.964 bits per heavy atom. The smallest absolute Gasteiger partial charge is 0.254 e. The molecule has 1 fully saturated rings. The van der Waals surface area contributed by atoms with Gasteiger partial charge in [-0.15, -0.1) is 0 Å². The number of benzene rings is 3.